The van der Waals surface area contributed by atoms with Crippen LogP contribution in [0.15, 0.2) is 36.4 Å². The first-order valence-corrected chi connectivity index (χ1v) is 9.30. The number of aromatic nitrogens is 1. The molecule has 2 aromatic carbocycles. The Balaban J connectivity index is 1.71. The largest absolute Gasteiger partial charge is 0.354 e. The van der Waals surface area contributed by atoms with E-state index in [1.54, 1.807) is 0 Å². The first-order valence-electron chi connectivity index (χ1n) is 9.30. The van der Waals surface area contributed by atoms with Crippen LogP contribution in [0, 0.1) is 6.92 Å². The number of para-hydroxylation sites is 1. The molecule has 3 rings (SSSR count). The quantitative estimate of drug-likeness (QED) is 0.435. The Kier molecular flexibility index (Phi) is 5.38. The molecule has 0 unspecified atom stereocenters. The topological polar surface area (TPSA) is 15.8 Å². The van der Waals surface area contributed by atoms with Gasteiger partial charge in [0.1, 0.15) is 0 Å². The van der Waals surface area contributed by atoms with E-state index in [4.69, 9.17) is 0 Å². The summed E-state index contributed by atoms with van der Waals surface area (Å²) in [4.78, 5) is 3.66. The van der Waals surface area contributed by atoms with Gasteiger partial charge >= 0.3 is 0 Å². The molecular weight excluding hydrogens is 278 g/mol. The van der Waals surface area contributed by atoms with Gasteiger partial charge in [-0.1, -0.05) is 75.8 Å². The van der Waals surface area contributed by atoms with Crippen LogP contribution in [0.1, 0.15) is 63.0 Å². The minimum atomic E-state index is 1.20. The van der Waals surface area contributed by atoms with Crippen molar-refractivity contribution in [2.45, 2.75) is 65.2 Å². The molecule has 1 N–H and O–H groups in total. The standard InChI is InChI=1S/C22H29N/c1-3-4-5-6-7-8-9-12-18-17(2)15-16-20-19-13-10-11-14-21(19)23-22(18)20/h10-11,13-16,23H,3-9,12H2,1-2H3. The lowest BCUT2D eigenvalue weighted by atomic mass is 9.98. The van der Waals surface area contributed by atoms with E-state index in [0.717, 1.165) is 0 Å². The van der Waals surface area contributed by atoms with Gasteiger partial charge in [0.2, 0.25) is 0 Å². The highest BCUT2D eigenvalue weighted by atomic mass is 14.7. The summed E-state index contributed by atoms with van der Waals surface area (Å²) in [5.74, 6) is 0. The van der Waals surface area contributed by atoms with E-state index in [1.807, 2.05) is 0 Å². The third-order valence-corrected chi connectivity index (χ3v) is 5.05. The van der Waals surface area contributed by atoms with Crippen molar-refractivity contribution in [3.63, 3.8) is 0 Å². The van der Waals surface area contributed by atoms with Crippen LogP contribution in [0.3, 0.4) is 0 Å². The number of H-pyrrole nitrogens is 1. The maximum absolute atomic E-state index is 3.66. The number of fused-ring (bicyclic) bond motifs is 3. The predicted octanol–water partition coefficient (Wildman–Crippen LogP) is 6.92. The summed E-state index contributed by atoms with van der Waals surface area (Å²) in [5, 5.41) is 2.73. The smallest absolute Gasteiger partial charge is 0.0500 e. The second kappa shape index (κ2) is 7.68. The molecule has 1 aromatic heterocycles. The Labute approximate surface area is 140 Å². The second-order valence-electron chi connectivity index (χ2n) is 6.83. The molecule has 1 heteroatoms. The summed E-state index contributed by atoms with van der Waals surface area (Å²) in [7, 11) is 0. The van der Waals surface area contributed by atoms with Gasteiger partial charge in [-0.05, 0) is 37.0 Å². The molecule has 1 heterocycles. The maximum atomic E-state index is 3.66. The van der Waals surface area contributed by atoms with Gasteiger partial charge in [0.25, 0.3) is 0 Å². The Morgan fingerprint density at radius 3 is 2.35 bits per heavy atom. The normalized spacial score (nSPS) is 11.6. The lowest BCUT2D eigenvalue weighted by Crippen LogP contribution is -1.92. The summed E-state index contributed by atoms with van der Waals surface area (Å²) in [6.07, 6.45) is 10.8. The van der Waals surface area contributed by atoms with E-state index >= 15 is 0 Å². The van der Waals surface area contributed by atoms with Crippen molar-refractivity contribution in [3.8, 4) is 0 Å². The van der Waals surface area contributed by atoms with Gasteiger partial charge in [-0.2, -0.15) is 0 Å². The van der Waals surface area contributed by atoms with Crippen molar-refractivity contribution in [2.75, 3.05) is 0 Å². The van der Waals surface area contributed by atoms with E-state index < -0.39 is 0 Å². The van der Waals surface area contributed by atoms with Crippen LogP contribution in [0.4, 0.5) is 0 Å². The summed E-state index contributed by atoms with van der Waals surface area (Å²) in [6, 6.07) is 13.2. The van der Waals surface area contributed by atoms with Crippen molar-refractivity contribution in [1.82, 2.24) is 4.98 Å². The number of benzene rings is 2. The summed E-state index contributed by atoms with van der Waals surface area (Å²) < 4.78 is 0. The van der Waals surface area contributed by atoms with Gasteiger partial charge in [0, 0.05) is 21.8 Å². The van der Waals surface area contributed by atoms with Gasteiger partial charge in [-0.15, -0.1) is 0 Å². The SMILES string of the molecule is CCCCCCCCCc1c(C)ccc2c1[nH]c1ccccc12. The van der Waals surface area contributed by atoms with Crippen molar-refractivity contribution in [3.05, 3.63) is 47.5 Å². The molecule has 0 saturated carbocycles. The molecule has 0 bridgehead atoms. The highest BCUT2D eigenvalue weighted by Gasteiger charge is 2.09. The average Bonchev–Trinajstić information content (AvgIpc) is 2.94. The van der Waals surface area contributed by atoms with E-state index in [1.165, 1.54) is 84.3 Å². The fourth-order valence-electron chi connectivity index (χ4n) is 3.66. The Morgan fingerprint density at radius 2 is 1.52 bits per heavy atom. The van der Waals surface area contributed by atoms with Gasteiger partial charge in [-0.3, -0.25) is 0 Å². The molecule has 0 aliphatic rings. The van der Waals surface area contributed by atoms with Crippen LogP contribution in [-0.4, -0.2) is 4.98 Å². The van der Waals surface area contributed by atoms with Crippen molar-refractivity contribution >= 4 is 21.8 Å². The lowest BCUT2D eigenvalue weighted by Gasteiger charge is -2.08. The summed E-state index contributed by atoms with van der Waals surface area (Å²) in [5.41, 5.74) is 5.56. The number of nitrogens with one attached hydrogen (secondary N) is 1. The molecule has 3 aromatic rings. The Hall–Kier alpha value is -1.76. The zero-order chi connectivity index (χ0) is 16.1. The fourth-order valence-corrected chi connectivity index (χ4v) is 3.66. The second-order valence-corrected chi connectivity index (χ2v) is 6.83. The zero-order valence-electron chi connectivity index (χ0n) is 14.6. The molecule has 0 amide bonds. The third kappa shape index (κ3) is 3.60. The van der Waals surface area contributed by atoms with Gasteiger partial charge < -0.3 is 4.98 Å². The lowest BCUT2D eigenvalue weighted by molar-refractivity contribution is 0.589. The molecule has 0 saturated heterocycles. The summed E-state index contributed by atoms with van der Waals surface area (Å²) in [6.45, 7) is 4.53. The van der Waals surface area contributed by atoms with Crippen molar-refractivity contribution in [2.24, 2.45) is 0 Å². The number of hydrogen-bond acceptors (Lipinski definition) is 0. The monoisotopic (exact) mass is 307 g/mol. The maximum Gasteiger partial charge on any atom is 0.0500 e. The van der Waals surface area contributed by atoms with Crippen LogP contribution in [0.5, 0.6) is 0 Å². The Morgan fingerprint density at radius 1 is 0.783 bits per heavy atom. The number of unbranched alkanes of at least 4 members (excludes halogenated alkanes) is 6. The van der Waals surface area contributed by atoms with E-state index in [-0.39, 0.29) is 0 Å². The van der Waals surface area contributed by atoms with Crippen LogP contribution in [-0.2, 0) is 6.42 Å². The first kappa shape index (κ1) is 16.1. The minimum absolute atomic E-state index is 1.20. The van der Waals surface area contributed by atoms with Crippen LogP contribution >= 0.6 is 0 Å². The Bertz CT molecular complexity index is 766. The predicted molar refractivity (Wildman–Crippen MR) is 102 cm³/mol. The zero-order valence-corrected chi connectivity index (χ0v) is 14.6. The molecular formula is C22H29N. The van der Waals surface area contributed by atoms with Gasteiger partial charge in [0.15, 0.2) is 0 Å². The highest BCUT2D eigenvalue weighted by Crippen LogP contribution is 2.30. The van der Waals surface area contributed by atoms with Crippen molar-refractivity contribution < 1.29 is 0 Å². The van der Waals surface area contributed by atoms with E-state index in [9.17, 15) is 0 Å². The number of aryl methyl sites for hydroxylation is 2. The van der Waals surface area contributed by atoms with Crippen LogP contribution < -0.4 is 0 Å². The van der Waals surface area contributed by atoms with Gasteiger partial charge in [0.05, 0.1) is 0 Å². The fraction of sp³-hybridized carbons (Fsp3) is 0.455. The number of aromatic amines is 1. The van der Waals surface area contributed by atoms with E-state index in [0.29, 0.717) is 0 Å². The number of hydrogen-bond donors (Lipinski definition) is 1. The average molecular weight is 307 g/mol. The molecule has 0 aliphatic carbocycles. The number of rotatable bonds is 8. The molecule has 0 fully saturated rings. The van der Waals surface area contributed by atoms with E-state index in [2.05, 4.69) is 55.2 Å². The molecule has 0 aliphatic heterocycles. The van der Waals surface area contributed by atoms with Crippen LogP contribution in [0.2, 0.25) is 0 Å². The molecule has 1 nitrogen and oxygen atoms in total. The minimum Gasteiger partial charge on any atom is -0.354 e. The summed E-state index contributed by atoms with van der Waals surface area (Å²) >= 11 is 0. The third-order valence-electron chi connectivity index (χ3n) is 5.05. The highest BCUT2D eigenvalue weighted by molar-refractivity contribution is 6.08. The van der Waals surface area contributed by atoms with Crippen LogP contribution in [0.25, 0.3) is 21.8 Å². The first-order chi connectivity index (χ1) is 11.3. The molecule has 0 radical (unpaired) electrons. The molecule has 23 heavy (non-hydrogen) atoms. The molecule has 0 atom stereocenters. The van der Waals surface area contributed by atoms with Crippen molar-refractivity contribution in [1.29, 1.82) is 0 Å². The molecule has 122 valence electrons. The molecule has 0 spiro atoms. The van der Waals surface area contributed by atoms with Gasteiger partial charge in [-0.25, -0.2) is 0 Å².